The molecular formula is C17H18N2O2. The highest BCUT2D eigenvalue weighted by molar-refractivity contribution is 5.96. The minimum Gasteiger partial charge on any atom is -0.496 e. The van der Waals surface area contributed by atoms with Crippen molar-refractivity contribution in [3.8, 4) is 5.75 Å². The van der Waals surface area contributed by atoms with Crippen molar-refractivity contribution in [1.82, 2.24) is 5.43 Å². The van der Waals surface area contributed by atoms with Gasteiger partial charge in [0.15, 0.2) is 0 Å². The van der Waals surface area contributed by atoms with Crippen molar-refractivity contribution >= 4 is 12.1 Å². The second-order valence-corrected chi connectivity index (χ2v) is 4.74. The van der Waals surface area contributed by atoms with Crippen LogP contribution < -0.4 is 10.2 Å². The number of benzene rings is 2. The molecule has 2 aromatic rings. The maximum absolute atomic E-state index is 12.0. The number of carbonyl (C=O) groups is 1. The SMILES string of the molecule is COc1ccc(C=NNC(=O)c2ccccc2C)cc1C. The number of aryl methyl sites for hydroxylation is 2. The summed E-state index contributed by atoms with van der Waals surface area (Å²) in [5.74, 6) is 0.616. The Kier molecular flexibility index (Phi) is 4.72. The number of hydrogen-bond donors (Lipinski definition) is 1. The smallest absolute Gasteiger partial charge is 0.271 e. The average molecular weight is 282 g/mol. The van der Waals surface area contributed by atoms with E-state index in [0.29, 0.717) is 5.56 Å². The predicted octanol–water partition coefficient (Wildman–Crippen LogP) is 3.08. The molecule has 0 aliphatic carbocycles. The van der Waals surface area contributed by atoms with E-state index >= 15 is 0 Å². The highest BCUT2D eigenvalue weighted by atomic mass is 16.5. The number of nitrogens with one attached hydrogen (secondary N) is 1. The zero-order valence-corrected chi connectivity index (χ0v) is 12.4. The number of methoxy groups -OCH3 is 1. The third-order valence-corrected chi connectivity index (χ3v) is 3.19. The highest BCUT2D eigenvalue weighted by Crippen LogP contribution is 2.17. The Morgan fingerprint density at radius 1 is 1.14 bits per heavy atom. The molecule has 0 radical (unpaired) electrons. The topological polar surface area (TPSA) is 50.7 Å². The Morgan fingerprint density at radius 3 is 2.57 bits per heavy atom. The Hall–Kier alpha value is -2.62. The third kappa shape index (κ3) is 3.69. The van der Waals surface area contributed by atoms with Gasteiger partial charge in [-0.1, -0.05) is 18.2 Å². The van der Waals surface area contributed by atoms with E-state index < -0.39 is 0 Å². The van der Waals surface area contributed by atoms with Gasteiger partial charge in [0.05, 0.1) is 13.3 Å². The Balaban J connectivity index is 2.04. The normalized spacial score (nSPS) is 10.6. The summed E-state index contributed by atoms with van der Waals surface area (Å²) in [6.07, 6.45) is 1.61. The molecule has 4 nitrogen and oxygen atoms in total. The molecular weight excluding hydrogens is 264 g/mol. The van der Waals surface area contributed by atoms with Crippen LogP contribution >= 0.6 is 0 Å². The van der Waals surface area contributed by atoms with Crippen molar-refractivity contribution in [2.45, 2.75) is 13.8 Å². The zero-order chi connectivity index (χ0) is 15.2. The van der Waals surface area contributed by atoms with E-state index in [1.54, 1.807) is 19.4 Å². The van der Waals surface area contributed by atoms with Gasteiger partial charge in [-0.25, -0.2) is 5.43 Å². The molecule has 2 rings (SSSR count). The molecule has 0 aromatic heterocycles. The molecule has 0 unspecified atom stereocenters. The molecule has 1 N–H and O–H groups in total. The molecule has 4 heteroatoms. The Morgan fingerprint density at radius 2 is 1.90 bits per heavy atom. The lowest BCUT2D eigenvalue weighted by atomic mass is 10.1. The summed E-state index contributed by atoms with van der Waals surface area (Å²) >= 11 is 0. The van der Waals surface area contributed by atoms with Crippen LogP contribution in [0.4, 0.5) is 0 Å². The van der Waals surface area contributed by atoms with E-state index in [4.69, 9.17) is 4.74 Å². The number of hydrazone groups is 1. The molecule has 0 spiro atoms. The van der Waals surface area contributed by atoms with Gasteiger partial charge in [0.2, 0.25) is 0 Å². The van der Waals surface area contributed by atoms with Gasteiger partial charge < -0.3 is 4.74 Å². The molecule has 0 heterocycles. The van der Waals surface area contributed by atoms with E-state index in [2.05, 4.69) is 10.5 Å². The van der Waals surface area contributed by atoms with E-state index in [-0.39, 0.29) is 5.91 Å². The van der Waals surface area contributed by atoms with Gasteiger partial charge in [-0.3, -0.25) is 4.79 Å². The number of ether oxygens (including phenoxy) is 1. The second-order valence-electron chi connectivity index (χ2n) is 4.74. The van der Waals surface area contributed by atoms with Gasteiger partial charge in [-0.05, 0) is 54.8 Å². The maximum atomic E-state index is 12.0. The van der Waals surface area contributed by atoms with E-state index in [1.165, 1.54) is 0 Å². The molecule has 21 heavy (non-hydrogen) atoms. The first-order chi connectivity index (χ1) is 10.1. The molecule has 108 valence electrons. The summed E-state index contributed by atoms with van der Waals surface area (Å²) in [7, 11) is 1.64. The first-order valence-electron chi connectivity index (χ1n) is 6.65. The summed E-state index contributed by atoms with van der Waals surface area (Å²) in [6, 6.07) is 13.1. The molecule has 0 aliphatic heterocycles. The minimum atomic E-state index is -0.213. The average Bonchev–Trinajstić information content (AvgIpc) is 2.48. The van der Waals surface area contributed by atoms with Crippen LogP contribution in [0.1, 0.15) is 27.0 Å². The fourth-order valence-electron chi connectivity index (χ4n) is 2.04. The van der Waals surface area contributed by atoms with Crippen molar-refractivity contribution in [3.05, 3.63) is 64.7 Å². The van der Waals surface area contributed by atoms with Gasteiger partial charge in [0, 0.05) is 5.56 Å². The summed E-state index contributed by atoms with van der Waals surface area (Å²) in [6.45, 7) is 3.85. The molecule has 0 fully saturated rings. The number of rotatable bonds is 4. The summed E-state index contributed by atoms with van der Waals surface area (Å²) in [4.78, 5) is 12.0. The highest BCUT2D eigenvalue weighted by Gasteiger charge is 2.06. The van der Waals surface area contributed by atoms with Gasteiger partial charge in [0.25, 0.3) is 5.91 Å². The number of carbonyl (C=O) groups excluding carboxylic acids is 1. The van der Waals surface area contributed by atoms with Crippen LogP contribution in [0.25, 0.3) is 0 Å². The monoisotopic (exact) mass is 282 g/mol. The van der Waals surface area contributed by atoms with Crippen molar-refractivity contribution in [2.75, 3.05) is 7.11 Å². The van der Waals surface area contributed by atoms with Crippen molar-refractivity contribution in [2.24, 2.45) is 5.10 Å². The van der Waals surface area contributed by atoms with E-state index in [9.17, 15) is 4.79 Å². The third-order valence-electron chi connectivity index (χ3n) is 3.19. The van der Waals surface area contributed by atoms with Crippen LogP contribution in [0.5, 0.6) is 5.75 Å². The van der Waals surface area contributed by atoms with E-state index in [1.807, 2.05) is 50.2 Å². The summed E-state index contributed by atoms with van der Waals surface area (Å²) < 4.78 is 5.20. The molecule has 2 aromatic carbocycles. The quantitative estimate of drug-likeness (QED) is 0.692. The van der Waals surface area contributed by atoms with Gasteiger partial charge in [-0.2, -0.15) is 5.10 Å². The Bertz CT molecular complexity index is 678. The first kappa shape index (κ1) is 14.8. The molecule has 0 saturated carbocycles. The second kappa shape index (κ2) is 6.70. The molecule has 0 aliphatic rings. The van der Waals surface area contributed by atoms with Crippen LogP contribution in [-0.2, 0) is 0 Å². The molecule has 1 amide bonds. The lowest BCUT2D eigenvalue weighted by Crippen LogP contribution is -2.18. The van der Waals surface area contributed by atoms with Crippen LogP contribution in [-0.4, -0.2) is 19.2 Å². The van der Waals surface area contributed by atoms with Crippen molar-refractivity contribution in [3.63, 3.8) is 0 Å². The van der Waals surface area contributed by atoms with Crippen LogP contribution in [0.2, 0.25) is 0 Å². The van der Waals surface area contributed by atoms with Crippen molar-refractivity contribution in [1.29, 1.82) is 0 Å². The molecule has 0 saturated heterocycles. The van der Waals surface area contributed by atoms with Gasteiger partial charge in [0.1, 0.15) is 5.75 Å². The largest absolute Gasteiger partial charge is 0.496 e. The number of nitrogens with zero attached hydrogens (tertiary/aromatic N) is 1. The van der Waals surface area contributed by atoms with Crippen LogP contribution in [0, 0.1) is 13.8 Å². The molecule has 0 bridgehead atoms. The van der Waals surface area contributed by atoms with Gasteiger partial charge >= 0.3 is 0 Å². The lowest BCUT2D eigenvalue weighted by Gasteiger charge is -2.05. The zero-order valence-electron chi connectivity index (χ0n) is 12.4. The fraction of sp³-hybridized carbons (Fsp3) is 0.176. The fourth-order valence-corrected chi connectivity index (χ4v) is 2.04. The number of hydrogen-bond acceptors (Lipinski definition) is 3. The summed E-state index contributed by atoms with van der Waals surface area (Å²) in [5.41, 5.74) is 6.00. The van der Waals surface area contributed by atoms with Crippen molar-refractivity contribution < 1.29 is 9.53 Å². The van der Waals surface area contributed by atoms with Gasteiger partial charge in [-0.15, -0.1) is 0 Å². The van der Waals surface area contributed by atoms with E-state index in [0.717, 1.165) is 22.4 Å². The standard InChI is InChI=1S/C17H18N2O2/c1-12-6-4-5-7-15(12)17(20)19-18-11-14-8-9-16(21-3)13(2)10-14/h4-11H,1-3H3,(H,19,20). The van der Waals surface area contributed by atoms with Crippen LogP contribution in [0.3, 0.4) is 0 Å². The first-order valence-corrected chi connectivity index (χ1v) is 6.65. The van der Waals surface area contributed by atoms with Crippen LogP contribution in [0.15, 0.2) is 47.6 Å². The lowest BCUT2D eigenvalue weighted by molar-refractivity contribution is 0.0954. The Labute approximate surface area is 124 Å². The predicted molar refractivity (Wildman–Crippen MR) is 84.0 cm³/mol. The molecule has 0 atom stereocenters. The maximum Gasteiger partial charge on any atom is 0.271 e. The minimum absolute atomic E-state index is 0.213. The number of amides is 1. The summed E-state index contributed by atoms with van der Waals surface area (Å²) in [5, 5.41) is 3.99.